The summed E-state index contributed by atoms with van der Waals surface area (Å²) in [4.78, 5) is 38.1. The summed E-state index contributed by atoms with van der Waals surface area (Å²) in [5.41, 5.74) is 0. The van der Waals surface area contributed by atoms with Crippen LogP contribution in [0.1, 0.15) is 19.3 Å². The van der Waals surface area contributed by atoms with Gasteiger partial charge in [-0.05, 0) is 19.3 Å². The molecule has 0 radical (unpaired) electrons. The molecular weight excluding hydrogens is 256 g/mol. The summed E-state index contributed by atoms with van der Waals surface area (Å²) in [6.07, 6.45) is -1.72. The fraction of sp³-hybridized carbons (Fsp3) is 0.857. The van der Waals surface area contributed by atoms with Crippen LogP contribution in [0.4, 0.5) is 4.79 Å². The van der Waals surface area contributed by atoms with E-state index in [0.717, 1.165) is 0 Å². The molecule has 0 unspecified atom stereocenters. The normalized spacial score (nSPS) is 11.3. The second-order valence-electron chi connectivity index (χ2n) is 3.08. The largest absolute Gasteiger partial charge is 0.505 e. The molecule has 0 aliphatic carbocycles. The van der Waals surface area contributed by atoms with Crippen molar-refractivity contribution in [2.75, 3.05) is 13.2 Å². The minimum atomic E-state index is -1.41. The number of hydrogen-bond acceptors (Lipinski definition) is 8. The summed E-state index contributed by atoms with van der Waals surface area (Å²) in [7, 11) is 0. The highest BCUT2D eigenvalue weighted by atomic mass is 17.0. The van der Waals surface area contributed by atoms with Crippen LogP contribution in [0, 0.1) is 20.2 Å². The van der Waals surface area contributed by atoms with Crippen molar-refractivity contribution in [3.8, 4) is 0 Å². The van der Waals surface area contributed by atoms with Gasteiger partial charge in [-0.1, -0.05) is 0 Å². The number of unbranched alkanes of at least 4 members (excludes halogenated alkanes) is 1. The molecule has 0 aromatic carbocycles. The Morgan fingerprint density at radius 2 is 1.89 bits per heavy atom. The van der Waals surface area contributed by atoms with Crippen molar-refractivity contribution in [3.05, 3.63) is 20.2 Å². The van der Waals surface area contributed by atoms with E-state index in [9.17, 15) is 25.0 Å². The van der Waals surface area contributed by atoms with Gasteiger partial charge in [-0.3, -0.25) is 0 Å². The third kappa shape index (κ3) is 10.2. The first-order valence-electron chi connectivity index (χ1n) is 4.86. The predicted molar refractivity (Wildman–Crippen MR) is 52.6 cm³/mol. The molecule has 11 heteroatoms. The van der Waals surface area contributed by atoms with Gasteiger partial charge in [0.1, 0.15) is 12.7 Å². The molecule has 0 aromatic heterocycles. The summed E-state index contributed by atoms with van der Waals surface area (Å²) in [6.45, 7) is -0.621. The number of carboxylic acid groups (broad SMARTS) is 1. The van der Waals surface area contributed by atoms with Crippen LogP contribution in [-0.2, 0) is 14.4 Å². The van der Waals surface area contributed by atoms with Crippen LogP contribution < -0.4 is 0 Å². The van der Waals surface area contributed by atoms with Crippen LogP contribution in [0.25, 0.3) is 0 Å². The fourth-order valence-corrected chi connectivity index (χ4v) is 1.07. The molecule has 11 nitrogen and oxygen atoms in total. The van der Waals surface area contributed by atoms with E-state index in [4.69, 9.17) is 5.11 Å². The molecule has 0 rings (SSSR count). The Hall–Kier alpha value is -2.33. The van der Waals surface area contributed by atoms with Gasteiger partial charge in [-0.15, -0.1) is 20.2 Å². The van der Waals surface area contributed by atoms with E-state index in [2.05, 4.69) is 14.4 Å². The van der Waals surface area contributed by atoms with E-state index in [-0.39, 0.29) is 13.0 Å². The third-order valence-corrected chi connectivity index (χ3v) is 1.75. The van der Waals surface area contributed by atoms with Gasteiger partial charge < -0.3 is 19.5 Å². The summed E-state index contributed by atoms with van der Waals surface area (Å²) in [6, 6.07) is 0. The highest BCUT2D eigenvalue weighted by Gasteiger charge is 2.15. The second kappa shape index (κ2) is 8.78. The monoisotopic (exact) mass is 268 g/mol. The minimum absolute atomic E-state index is 0.0589. The Morgan fingerprint density at radius 3 is 2.39 bits per heavy atom. The van der Waals surface area contributed by atoms with Gasteiger partial charge in [-0.2, -0.15) is 0 Å². The maximum atomic E-state index is 10.1. The molecule has 18 heavy (non-hydrogen) atoms. The van der Waals surface area contributed by atoms with Gasteiger partial charge in [-0.25, -0.2) is 4.79 Å². The van der Waals surface area contributed by atoms with E-state index >= 15 is 0 Å². The third-order valence-electron chi connectivity index (χ3n) is 1.75. The van der Waals surface area contributed by atoms with E-state index in [0.29, 0.717) is 12.8 Å². The molecule has 0 bridgehead atoms. The van der Waals surface area contributed by atoms with Crippen LogP contribution in [0.2, 0.25) is 0 Å². The number of nitrogens with zero attached hydrogens (tertiary/aromatic N) is 2. The molecular formula is C7H12N2O9. The number of carbonyl (C=O) groups is 1. The van der Waals surface area contributed by atoms with Crippen LogP contribution in [-0.4, -0.2) is 40.8 Å². The van der Waals surface area contributed by atoms with E-state index in [1.165, 1.54) is 0 Å². The summed E-state index contributed by atoms with van der Waals surface area (Å²) >= 11 is 0. The Bertz CT molecular complexity index is 295. The van der Waals surface area contributed by atoms with Crippen LogP contribution in [0.3, 0.4) is 0 Å². The zero-order chi connectivity index (χ0) is 14.0. The van der Waals surface area contributed by atoms with Gasteiger partial charge in [0, 0.05) is 0 Å². The maximum absolute atomic E-state index is 10.1. The van der Waals surface area contributed by atoms with Crippen molar-refractivity contribution in [1.82, 2.24) is 0 Å². The average molecular weight is 268 g/mol. The predicted octanol–water partition coefficient (Wildman–Crippen LogP) is 0.637. The molecule has 0 fully saturated rings. The quantitative estimate of drug-likeness (QED) is 0.260. The van der Waals surface area contributed by atoms with Gasteiger partial charge in [0.25, 0.3) is 10.2 Å². The van der Waals surface area contributed by atoms with Gasteiger partial charge >= 0.3 is 6.16 Å². The van der Waals surface area contributed by atoms with Crippen molar-refractivity contribution in [2.45, 2.75) is 25.4 Å². The molecule has 0 spiro atoms. The highest BCUT2D eigenvalue weighted by molar-refractivity contribution is 5.56. The first-order valence-corrected chi connectivity index (χ1v) is 4.86. The molecule has 0 aliphatic heterocycles. The zero-order valence-corrected chi connectivity index (χ0v) is 9.22. The SMILES string of the molecule is O=C(O)OCCCC[C@@H](CO[N+](=O)[O-])O[N+](=O)[O-]. The Kier molecular flexibility index (Phi) is 7.64. The molecule has 0 saturated carbocycles. The molecule has 0 saturated heterocycles. The van der Waals surface area contributed by atoms with Crippen molar-refractivity contribution >= 4 is 6.16 Å². The minimum Gasteiger partial charge on any atom is -0.450 e. The lowest BCUT2D eigenvalue weighted by Gasteiger charge is -2.12. The highest BCUT2D eigenvalue weighted by Crippen LogP contribution is 2.06. The molecule has 0 heterocycles. The summed E-state index contributed by atoms with van der Waals surface area (Å²) < 4.78 is 4.21. The number of hydrogen-bond donors (Lipinski definition) is 1. The molecule has 1 N–H and O–H groups in total. The van der Waals surface area contributed by atoms with Crippen molar-refractivity contribution in [1.29, 1.82) is 0 Å². The fourth-order valence-electron chi connectivity index (χ4n) is 1.07. The van der Waals surface area contributed by atoms with Gasteiger partial charge in [0.05, 0.1) is 6.61 Å². The smallest absolute Gasteiger partial charge is 0.450 e. The maximum Gasteiger partial charge on any atom is 0.505 e. The van der Waals surface area contributed by atoms with E-state index in [1.54, 1.807) is 0 Å². The lowest BCUT2D eigenvalue weighted by atomic mass is 10.2. The van der Waals surface area contributed by atoms with Gasteiger partial charge in [0.15, 0.2) is 0 Å². The molecule has 0 aromatic rings. The van der Waals surface area contributed by atoms with E-state index < -0.39 is 29.0 Å². The summed E-state index contributed by atoms with van der Waals surface area (Å²) in [5.74, 6) is 0. The van der Waals surface area contributed by atoms with E-state index in [1.807, 2.05) is 0 Å². The first-order chi connectivity index (χ1) is 8.41. The topological polar surface area (TPSA) is 151 Å². The second-order valence-corrected chi connectivity index (χ2v) is 3.08. The molecule has 0 aliphatic rings. The zero-order valence-electron chi connectivity index (χ0n) is 9.22. The Labute approximate surface area is 100 Å². The molecule has 1 atom stereocenters. The lowest BCUT2D eigenvalue weighted by Crippen LogP contribution is -2.24. The standard InChI is InChI=1S/C7H12N2O9/c10-7(11)16-4-2-1-3-6(18-9(14)15)5-17-8(12)13/h6H,1-5H2,(H,10,11)/t6-/m0/s1. The summed E-state index contributed by atoms with van der Waals surface area (Å²) in [5, 5.41) is 26.0. The van der Waals surface area contributed by atoms with Crippen LogP contribution >= 0.6 is 0 Å². The molecule has 0 amide bonds. The Morgan fingerprint density at radius 1 is 1.22 bits per heavy atom. The van der Waals surface area contributed by atoms with Crippen LogP contribution in [0.15, 0.2) is 0 Å². The van der Waals surface area contributed by atoms with Gasteiger partial charge in [0.2, 0.25) is 0 Å². The number of rotatable bonds is 10. The lowest BCUT2D eigenvalue weighted by molar-refractivity contribution is -0.790. The van der Waals surface area contributed by atoms with Crippen molar-refractivity contribution < 1.29 is 34.5 Å². The first kappa shape index (κ1) is 15.7. The Balaban J connectivity index is 3.81. The van der Waals surface area contributed by atoms with Crippen molar-refractivity contribution in [2.24, 2.45) is 0 Å². The average Bonchev–Trinajstić information content (AvgIpc) is 2.23. The number of ether oxygens (including phenoxy) is 1. The molecule has 104 valence electrons. The van der Waals surface area contributed by atoms with Crippen molar-refractivity contribution in [3.63, 3.8) is 0 Å². The van der Waals surface area contributed by atoms with Crippen LogP contribution in [0.5, 0.6) is 0 Å².